The Morgan fingerprint density at radius 2 is 2.11 bits per heavy atom. The molecule has 0 saturated heterocycles. The van der Waals surface area contributed by atoms with E-state index in [2.05, 4.69) is 5.32 Å². The Balaban J connectivity index is 2.76. The number of carbonyl (C=O) groups is 1. The van der Waals surface area contributed by atoms with Gasteiger partial charge in [-0.05, 0) is 23.6 Å². The molecule has 0 saturated carbocycles. The van der Waals surface area contributed by atoms with E-state index in [0.717, 1.165) is 12.0 Å². The number of carbonyl (C=O) groups excluding carboxylic acids is 1. The number of hydrogen-bond donors (Lipinski definition) is 4. The predicted octanol–water partition coefficient (Wildman–Crippen LogP) is 0.362. The first kappa shape index (κ1) is 14.5. The van der Waals surface area contributed by atoms with E-state index < -0.39 is 12.2 Å². The Morgan fingerprint density at radius 1 is 1.44 bits per heavy atom. The van der Waals surface area contributed by atoms with Gasteiger partial charge in [0.1, 0.15) is 12.2 Å². The van der Waals surface area contributed by atoms with Gasteiger partial charge in [-0.2, -0.15) is 0 Å². The van der Waals surface area contributed by atoms with Crippen molar-refractivity contribution in [2.75, 3.05) is 12.3 Å². The summed E-state index contributed by atoms with van der Waals surface area (Å²) in [6.45, 7) is 3.34. The summed E-state index contributed by atoms with van der Waals surface area (Å²) in [5.74, 6) is -0.243. The first-order valence-corrected chi connectivity index (χ1v) is 5.94. The molecule has 0 bridgehead atoms. The molecule has 2 unspecified atom stereocenters. The number of aliphatic hydroxyl groups excluding tert-OH is 2. The van der Waals surface area contributed by atoms with Crippen LogP contribution in [0.25, 0.3) is 0 Å². The Labute approximate surface area is 107 Å². The Morgan fingerprint density at radius 3 is 2.67 bits per heavy atom. The SMILES string of the molecule is CCc1cc(C(O)C(O)CNC(C)=O)ccc1N. The molecule has 0 aliphatic rings. The van der Waals surface area contributed by atoms with Crippen LogP contribution in [-0.2, 0) is 11.2 Å². The van der Waals surface area contributed by atoms with Gasteiger partial charge in [-0.15, -0.1) is 0 Å². The van der Waals surface area contributed by atoms with Crippen LogP contribution in [-0.4, -0.2) is 28.8 Å². The quantitative estimate of drug-likeness (QED) is 0.569. The van der Waals surface area contributed by atoms with Crippen molar-refractivity contribution in [3.63, 3.8) is 0 Å². The fourth-order valence-corrected chi connectivity index (χ4v) is 1.70. The predicted molar refractivity (Wildman–Crippen MR) is 69.9 cm³/mol. The van der Waals surface area contributed by atoms with Gasteiger partial charge in [0.15, 0.2) is 0 Å². The van der Waals surface area contributed by atoms with E-state index in [1.807, 2.05) is 6.92 Å². The van der Waals surface area contributed by atoms with Crippen molar-refractivity contribution < 1.29 is 15.0 Å². The molecule has 5 N–H and O–H groups in total. The second kappa shape index (κ2) is 6.37. The van der Waals surface area contributed by atoms with Gasteiger partial charge in [-0.3, -0.25) is 4.79 Å². The number of aryl methyl sites for hydroxylation is 1. The number of hydrogen-bond acceptors (Lipinski definition) is 4. The van der Waals surface area contributed by atoms with E-state index in [9.17, 15) is 15.0 Å². The molecule has 1 aromatic carbocycles. The van der Waals surface area contributed by atoms with Crippen LogP contribution in [0.15, 0.2) is 18.2 Å². The van der Waals surface area contributed by atoms with Gasteiger partial charge in [0.25, 0.3) is 0 Å². The van der Waals surface area contributed by atoms with Crippen LogP contribution in [0.4, 0.5) is 5.69 Å². The molecule has 0 fully saturated rings. The van der Waals surface area contributed by atoms with Crippen LogP contribution < -0.4 is 11.1 Å². The van der Waals surface area contributed by atoms with Gasteiger partial charge in [0.05, 0.1) is 0 Å². The Kier molecular flexibility index (Phi) is 5.12. The zero-order valence-electron chi connectivity index (χ0n) is 10.7. The second-order valence-electron chi connectivity index (χ2n) is 4.26. The third-order valence-electron chi connectivity index (χ3n) is 2.81. The molecular formula is C13H20N2O3. The molecule has 5 nitrogen and oxygen atoms in total. The topological polar surface area (TPSA) is 95.6 Å². The number of amides is 1. The number of aliphatic hydroxyl groups is 2. The maximum atomic E-state index is 10.7. The monoisotopic (exact) mass is 252 g/mol. The summed E-state index contributed by atoms with van der Waals surface area (Å²) < 4.78 is 0. The lowest BCUT2D eigenvalue weighted by atomic mass is 9.99. The molecular weight excluding hydrogens is 232 g/mol. The average Bonchev–Trinajstić information content (AvgIpc) is 2.35. The lowest BCUT2D eigenvalue weighted by Crippen LogP contribution is -2.34. The molecule has 0 aliphatic heterocycles. The van der Waals surface area contributed by atoms with Crippen molar-refractivity contribution in [2.45, 2.75) is 32.5 Å². The number of nitrogen functional groups attached to an aromatic ring is 1. The summed E-state index contributed by atoms with van der Waals surface area (Å²) >= 11 is 0. The van der Waals surface area contributed by atoms with Gasteiger partial charge < -0.3 is 21.3 Å². The molecule has 18 heavy (non-hydrogen) atoms. The maximum absolute atomic E-state index is 10.7. The summed E-state index contributed by atoms with van der Waals surface area (Å²) in [7, 11) is 0. The molecule has 0 radical (unpaired) electrons. The summed E-state index contributed by atoms with van der Waals surface area (Å²) in [5, 5.41) is 22.2. The average molecular weight is 252 g/mol. The molecule has 5 heteroatoms. The summed E-state index contributed by atoms with van der Waals surface area (Å²) in [6.07, 6.45) is -1.32. The van der Waals surface area contributed by atoms with Crippen LogP contribution in [0.3, 0.4) is 0 Å². The molecule has 1 amide bonds. The Hall–Kier alpha value is -1.59. The summed E-state index contributed by atoms with van der Waals surface area (Å²) in [6, 6.07) is 5.16. The zero-order chi connectivity index (χ0) is 13.7. The van der Waals surface area contributed by atoms with Crippen LogP contribution in [0.1, 0.15) is 31.1 Å². The molecule has 0 heterocycles. The molecule has 0 aromatic heterocycles. The largest absolute Gasteiger partial charge is 0.399 e. The van der Waals surface area contributed by atoms with Gasteiger partial charge in [0, 0.05) is 19.2 Å². The first-order chi connectivity index (χ1) is 8.45. The zero-order valence-corrected chi connectivity index (χ0v) is 10.7. The smallest absolute Gasteiger partial charge is 0.216 e. The van der Waals surface area contributed by atoms with Gasteiger partial charge >= 0.3 is 0 Å². The fraction of sp³-hybridized carbons (Fsp3) is 0.462. The molecule has 0 spiro atoms. The van der Waals surface area contributed by atoms with E-state index in [1.165, 1.54) is 6.92 Å². The van der Waals surface area contributed by atoms with Crippen LogP contribution >= 0.6 is 0 Å². The minimum atomic E-state index is -1.04. The number of rotatable bonds is 5. The third-order valence-corrected chi connectivity index (χ3v) is 2.81. The molecule has 2 atom stereocenters. The highest BCUT2D eigenvalue weighted by molar-refractivity contribution is 5.72. The van der Waals surface area contributed by atoms with E-state index in [-0.39, 0.29) is 12.5 Å². The molecule has 100 valence electrons. The highest BCUT2D eigenvalue weighted by atomic mass is 16.3. The van der Waals surface area contributed by atoms with Crippen LogP contribution in [0.2, 0.25) is 0 Å². The molecule has 1 rings (SSSR count). The van der Waals surface area contributed by atoms with Crippen molar-refractivity contribution in [2.24, 2.45) is 0 Å². The van der Waals surface area contributed by atoms with Crippen molar-refractivity contribution in [3.05, 3.63) is 29.3 Å². The maximum Gasteiger partial charge on any atom is 0.216 e. The second-order valence-corrected chi connectivity index (χ2v) is 4.26. The lowest BCUT2D eigenvalue weighted by Gasteiger charge is -2.19. The Bertz CT molecular complexity index is 421. The van der Waals surface area contributed by atoms with Gasteiger partial charge in [-0.1, -0.05) is 19.1 Å². The third kappa shape index (κ3) is 3.72. The summed E-state index contributed by atoms with van der Waals surface area (Å²) in [4.78, 5) is 10.7. The van der Waals surface area contributed by atoms with Crippen molar-refractivity contribution in [1.82, 2.24) is 5.32 Å². The number of benzene rings is 1. The first-order valence-electron chi connectivity index (χ1n) is 5.94. The highest BCUT2D eigenvalue weighted by Gasteiger charge is 2.19. The minimum Gasteiger partial charge on any atom is -0.399 e. The lowest BCUT2D eigenvalue weighted by molar-refractivity contribution is -0.119. The number of nitrogens with one attached hydrogen (secondary N) is 1. The molecule has 1 aromatic rings. The van der Waals surface area contributed by atoms with Crippen molar-refractivity contribution in [3.8, 4) is 0 Å². The van der Waals surface area contributed by atoms with E-state index in [0.29, 0.717) is 11.3 Å². The van der Waals surface area contributed by atoms with E-state index in [1.54, 1.807) is 18.2 Å². The normalized spacial score (nSPS) is 14.0. The van der Waals surface area contributed by atoms with Crippen LogP contribution in [0.5, 0.6) is 0 Å². The van der Waals surface area contributed by atoms with E-state index in [4.69, 9.17) is 5.73 Å². The fourth-order valence-electron chi connectivity index (χ4n) is 1.70. The highest BCUT2D eigenvalue weighted by Crippen LogP contribution is 2.22. The number of nitrogens with two attached hydrogens (primary N) is 1. The van der Waals surface area contributed by atoms with Crippen molar-refractivity contribution >= 4 is 11.6 Å². The standard InChI is InChI=1S/C13H20N2O3/c1-3-9-6-10(4-5-11(9)14)13(18)12(17)7-15-8(2)16/h4-6,12-13,17-18H,3,7,14H2,1-2H3,(H,15,16). The molecule has 0 aliphatic carbocycles. The van der Waals surface area contributed by atoms with Crippen LogP contribution in [0, 0.1) is 0 Å². The van der Waals surface area contributed by atoms with E-state index >= 15 is 0 Å². The van der Waals surface area contributed by atoms with Gasteiger partial charge in [-0.25, -0.2) is 0 Å². The van der Waals surface area contributed by atoms with Crippen molar-refractivity contribution in [1.29, 1.82) is 0 Å². The number of anilines is 1. The van der Waals surface area contributed by atoms with Gasteiger partial charge in [0.2, 0.25) is 5.91 Å². The minimum absolute atomic E-state index is 0.0162. The summed E-state index contributed by atoms with van der Waals surface area (Å²) in [5.41, 5.74) is 7.97.